The highest BCUT2D eigenvalue weighted by Gasteiger charge is 2.23. The van der Waals surface area contributed by atoms with Crippen LogP contribution in [0.15, 0.2) is 41.1 Å². The van der Waals surface area contributed by atoms with Gasteiger partial charge in [0.05, 0.1) is 0 Å². The summed E-state index contributed by atoms with van der Waals surface area (Å²) in [6, 6.07) is 9.14. The second-order valence-electron chi connectivity index (χ2n) is 7.91. The Labute approximate surface area is 170 Å². The Kier molecular flexibility index (Phi) is 6.36. The lowest BCUT2D eigenvalue weighted by Gasteiger charge is -2.34. The molecular formula is C21H27N3O3S. The lowest BCUT2D eigenvalue weighted by molar-refractivity contribution is 0.0620. The van der Waals surface area contributed by atoms with Crippen LogP contribution < -0.4 is 5.32 Å². The number of rotatable bonds is 4. The molecule has 1 aromatic heterocycles. The number of anilines is 1. The lowest BCUT2D eigenvalue weighted by atomic mass is 10.1. The summed E-state index contributed by atoms with van der Waals surface area (Å²) in [6.07, 6.45) is -0.529. The average molecular weight is 402 g/mol. The van der Waals surface area contributed by atoms with E-state index in [2.05, 4.69) is 27.0 Å². The van der Waals surface area contributed by atoms with Crippen LogP contribution in [0.25, 0.3) is 0 Å². The fourth-order valence-electron chi connectivity index (χ4n) is 3.08. The largest absolute Gasteiger partial charge is 0.444 e. The third-order valence-electron chi connectivity index (χ3n) is 4.40. The Hall–Kier alpha value is -2.38. The molecule has 28 heavy (non-hydrogen) atoms. The molecule has 7 heteroatoms. The molecule has 1 N–H and O–H groups in total. The predicted molar refractivity (Wildman–Crippen MR) is 112 cm³/mol. The van der Waals surface area contributed by atoms with Crippen LogP contribution in [0, 0.1) is 0 Å². The summed E-state index contributed by atoms with van der Waals surface area (Å²) >= 11 is 1.71. The maximum Gasteiger partial charge on any atom is 0.412 e. The van der Waals surface area contributed by atoms with Crippen molar-refractivity contribution in [2.75, 3.05) is 31.5 Å². The first-order valence-electron chi connectivity index (χ1n) is 9.43. The van der Waals surface area contributed by atoms with Gasteiger partial charge in [0.25, 0.3) is 5.91 Å². The highest BCUT2D eigenvalue weighted by atomic mass is 32.1. The van der Waals surface area contributed by atoms with Gasteiger partial charge in [0.2, 0.25) is 0 Å². The molecule has 3 rings (SSSR count). The van der Waals surface area contributed by atoms with Crippen molar-refractivity contribution in [3.63, 3.8) is 0 Å². The van der Waals surface area contributed by atoms with Gasteiger partial charge in [-0.15, -0.1) is 0 Å². The molecule has 150 valence electrons. The van der Waals surface area contributed by atoms with Crippen molar-refractivity contribution >= 4 is 29.0 Å². The van der Waals surface area contributed by atoms with E-state index in [1.807, 2.05) is 25.7 Å². The van der Waals surface area contributed by atoms with Crippen molar-refractivity contribution in [3.8, 4) is 0 Å². The number of hydrogen-bond acceptors (Lipinski definition) is 5. The molecule has 2 heterocycles. The van der Waals surface area contributed by atoms with Crippen LogP contribution in [0.2, 0.25) is 0 Å². The quantitative estimate of drug-likeness (QED) is 0.839. The lowest BCUT2D eigenvalue weighted by Crippen LogP contribution is -2.48. The number of nitrogens with zero attached hydrogens (tertiary/aromatic N) is 2. The van der Waals surface area contributed by atoms with Crippen molar-refractivity contribution in [2.45, 2.75) is 32.9 Å². The van der Waals surface area contributed by atoms with Crippen LogP contribution in [0.1, 0.15) is 36.7 Å². The fourth-order valence-corrected chi connectivity index (χ4v) is 3.74. The van der Waals surface area contributed by atoms with Crippen LogP contribution in [-0.4, -0.2) is 53.6 Å². The zero-order valence-electron chi connectivity index (χ0n) is 16.6. The summed E-state index contributed by atoms with van der Waals surface area (Å²) < 4.78 is 5.26. The van der Waals surface area contributed by atoms with Gasteiger partial charge in [-0.2, -0.15) is 11.3 Å². The van der Waals surface area contributed by atoms with Crippen LogP contribution in [0.3, 0.4) is 0 Å². The van der Waals surface area contributed by atoms with Crippen molar-refractivity contribution in [1.29, 1.82) is 0 Å². The van der Waals surface area contributed by atoms with Crippen LogP contribution in [0.5, 0.6) is 0 Å². The van der Waals surface area contributed by atoms with E-state index in [9.17, 15) is 9.59 Å². The minimum atomic E-state index is -0.569. The fraction of sp³-hybridized carbons (Fsp3) is 0.429. The minimum Gasteiger partial charge on any atom is -0.444 e. The average Bonchev–Trinajstić information content (AvgIpc) is 3.13. The summed E-state index contributed by atoms with van der Waals surface area (Å²) in [5.74, 6) is -0.0111. The molecule has 1 saturated heterocycles. The maximum atomic E-state index is 12.9. The van der Waals surface area contributed by atoms with Gasteiger partial charge >= 0.3 is 6.09 Å². The Morgan fingerprint density at radius 3 is 2.54 bits per heavy atom. The number of amides is 2. The van der Waals surface area contributed by atoms with Gasteiger partial charge in [-0.1, -0.05) is 6.07 Å². The Balaban J connectivity index is 1.55. The first kappa shape index (κ1) is 20.4. The molecule has 0 radical (unpaired) electrons. The normalized spacial score (nSPS) is 15.3. The molecule has 1 aliphatic heterocycles. The zero-order valence-corrected chi connectivity index (χ0v) is 17.4. The topological polar surface area (TPSA) is 61.9 Å². The van der Waals surface area contributed by atoms with Crippen LogP contribution >= 0.6 is 11.3 Å². The van der Waals surface area contributed by atoms with Gasteiger partial charge in [0, 0.05) is 44.0 Å². The first-order chi connectivity index (χ1) is 13.3. The second kappa shape index (κ2) is 8.75. The van der Waals surface area contributed by atoms with Crippen molar-refractivity contribution < 1.29 is 14.3 Å². The van der Waals surface area contributed by atoms with Gasteiger partial charge in [-0.25, -0.2) is 4.79 Å². The molecule has 0 atom stereocenters. The molecule has 6 nitrogen and oxygen atoms in total. The number of hydrogen-bond donors (Lipinski definition) is 1. The molecular weight excluding hydrogens is 374 g/mol. The molecule has 0 spiro atoms. The van der Waals surface area contributed by atoms with Gasteiger partial charge in [0.15, 0.2) is 0 Å². The monoisotopic (exact) mass is 401 g/mol. The third kappa shape index (κ3) is 5.81. The molecule has 2 amide bonds. The highest BCUT2D eigenvalue weighted by molar-refractivity contribution is 7.07. The Bertz CT molecular complexity index is 807. The number of ether oxygens (including phenoxy) is 1. The summed E-state index contributed by atoms with van der Waals surface area (Å²) in [6.45, 7) is 9.48. The molecule has 0 aliphatic carbocycles. The molecule has 1 aliphatic rings. The third-order valence-corrected chi connectivity index (χ3v) is 5.13. The SMILES string of the molecule is CC(C)(C)OC(=O)Nc1cccc(C(=O)N2CCN(Cc3ccsc3)CC2)c1. The summed E-state index contributed by atoms with van der Waals surface area (Å²) in [4.78, 5) is 29.0. The molecule has 1 aromatic carbocycles. The van der Waals surface area contributed by atoms with Crippen molar-refractivity contribution in [3.05, 3.63) is 52.2 Å². The van der Waals surface area contributed by atoms with Crippen molar-refractivity contribution in [2.24, 2.45) is 0 Å². The second-order valence-corrected chi connectivity index (χ2v) is 8.69. The molecule has 0 bridgehead atoms. The molecule has 1 fully saturated rings. The Morgan fingerprint density at radius 2 is 1.89 bits per heavy atom. The summed E-state index contributed by atoms with van der Waals surface area (Å²) in [7, 11) is 0. The van der Waals surface area contributed by atoms with Crippen LogP contribution in [-0.2, 0) is 11.3 Å². The number of carbonyl (C=O) groups is 2. The number of benzene rings is 1. The van der Waals surface area contributed by atoms with E-state index >= 15 is 0 Å². The first-order valence-corrected chi connectivity index (χ1v) is 10.4. The van der Waals surface area contributed by atoms with E-state index in [1.165, 1.54) is 5.56 Å². The van der Waals surface area contributed by atoms with Gasteiger partial charge in [-0.05, 0) is 61.4 Å². The number of nitrogens with one attached hydrogen (secondary N) is 1. The molecule has 0 unspecified atom stereocenters. The van der Waals surface area contributed by atoms with E-state index in [-0.39, 0.29) is 5.91 Å². The number of piperazine rings is 1. The van der Waals surface area contributed by atoms with E-state index in [1.54, 1.807) is 35.6 Å². The van der Waals surface area contributed by atoms with Crippen molar-refractivity contribution in [1.82, 2.24) is 9.80 Å². The molecule has 0 saturated carbocycles. The Morgan fingerprint density at radius 1 is 1.14 bits per heavy atom. The smallest absolute Gasteiger partial charge is 0.412 e. The number of carbonyl (C=O) groups excluding carboxylic acids is 2. The molecule has 2 aromatic rings. The summed E-state index contributed by atoms with van der Waals surface area (Å²) in [5.41, 5.74) is 1.88. The number of thiophene rings is 1. The summed E-state index contributed by atoms with van der Waals surface area (Å²) in [5, 5.41) is 6.95. The van der Waals surface area contributed by atoms with E-state index < -0.39 is 11.7 Å². The highest BCUT2D eigenvalue weighted by Crippen LogP contribution is 2.17. The van der Waals surface area contributed by atoms with E-state index in [0.29, 0.717) is 24.3 Å². The zero-order chi connectivity index (χ0) is 20.1. The van der Waals surface area contributed by atoms with E-state index in [0.717, 1.165) is 19.6 Å². The predicted octanol–water partition coefficient (Wildman–Crippen LogP) is 4.05. The van der Waals surface area contributed by atoms with E-state index in [4.69, 9.17) is 4.74 Å². The van der Waals surface area contributed by atoms with Gasteiger partial charge < -0.3 is 9.64 Å². The standard InChI is InChI=1S/C21H27N3O3S/c1-21(2,3)27-20(26)22-18-6-4-5-17(13-18)19(25)24-10-8-23(9-11-24)14-16-7-12-28-15-16/h4-7,12-13,15H,8-11,14H2,1-3H3,(H,22,26). The minimum absolute atomic E-state index is 0.0111. The van der Waals surface area contributed by atoms with Gasteiger partial charge in [0.1, 0.15) is 5.60 Å². The van der Waals surface area contributed by atoms with Crippen LogP contribution in [0.4, 0.5) is 10.5 Å². The maximum absolute atomic E-state index is 12.9. The van der Waals surface area contributed by atoms with Gasteiger partial charge in [-0.3, -0.25) is 15.0 Å².